The average Bonchev–Trinajstić information content (AvgIpc) is 1.35. The maximum absolute atomic E-state index is 9.88. The van der Waals surface area contributed by atoms with Crippen LogP contribution in [0.15, 0.2) is 0 Å². The molecule has 0 aliphatic carbocycles. The van der Waals surface area contributed by atoms with Crippen molar-refractivity contribution in [2.75, 3.05) is 12.1 Å². The monoisotopic (exact) mass is 133 g/mol. The van der Waals surface area contributed by atoms with Crippen molar-refractivity contribution >= 4 is 9.84 Å². The third kappa shape index (κ3) is 10.9. The Kier molecular flexibility index (Phi) is 5.96. The van der Waals surface area contributed by atoms with Gasteiger partial charge in [0.25, 0.3) is 0 Å². The van der Waals surface area contributed by atoms with Crippen LogP contribution in [0.25, 0.3) is 0 Å². The predicted octanol–water partition coefficient (Wildman–Crippen LogP) is -3.94. The fourth-order valence-electron chi connectivity index (χ4n) is 0. The van der Waals surface area contributed by atoms with Gasteiger partial charge in [-0.05, 0) is 0 Å². The minimum Gasteiger partial charge on any atom is -1.00 e. The number of rotatable bonds is 1. The maximum Gasteiger partial charge on any atom is 1.00 e. The van der Waals surface area contributed by atoms with Gasteiger partial charge in [-0.2, -0.15) is 0 Å². The summed E-state index contributed by atoms with van der Waals surface area (Å²) in [5.41, 5.74) is 4.72. The number of hydrogen-bond acceptors (Lipinski definition) is 3. The molecule has 0 aromatic heterocycles. The Labute approximate surface area is 67.0 Å². The van der Waals surface area contributed by atoms with Crippen molar-refractivity contribution in [1.82, 2.24) is 0 Å². The van der Waals surface area contributed by atoms with Crippen molar-refractivity contribution in [3.8, 4) is 0 Å². The van der Waals surface area contributed by atoms with Crippen molar-refractivity contribution in [2.45, 2.75) is 0 Å². The zero-order chi connectivity index (χ0) is 5.21. The maximum atomic E-state index is 9.88. The van der Waals surface area contributed by atoms with E-state index >= 15 is 0 Å². The Hall–Kier alpha value is 0.910. The summed E-state index contributed by atoms with van der Waals surface area (Å²) in [6.07, 6.45) is 1.09. The second-order valence-electron chi connectivity index (χ2n) is 1.09. The molecule has 7 heavy (non-hydrogen) atoms. The van der Waals surface area contributed by atoms with Gasteiger partial charge in [0.05, 0.1) is 5.88 Å². The van der Waals surface area contributed by atoms with Gasteiger partial charge in [0, 0.05) is 6.26 Å². The fourth-order valence-corrected chi connectivity index (χ4v) is 0. The van der Waals surface area contributed by atoms with Gasteiger partial charge in [-0.15, -0.1) is 0 Å². The van der Waals surface area contributed by atoms with E-state index in [-0.39, 0.29) is 36.9 Å². The largest absolute Gasteiger partial charge is 1.00 e. The number of sulfone groups is 1. The normalized spacial score (nSPS) is 10.0. The summed E-state index contributed by atoms with van der Waals surface area (Å²) < 4.78 is 19.8. The molecule has 0 fully saturated rings. The van der Waals surface area contributed by atoms with Crippen LogP contribution in [0.3, 0.4) is 0 Å². The van der Waals surface area contributed by atoms with Gasteiger partial charge < -0.3 is 7.16 Å². The van der Waals surface area contributed by atoms with Crippen LogP contribution in [0.1, 0.15) is 1.43 Å². The van der Waals surface area contributed by atoms with E-state index in [0.29, 0.717) is 0 Å². The van der Waals surface area contributed by atoms with Gasteiger partial charge in [0.2, 0.25) is 0 Å². The smallest absolute Gasteiger partial charge is 1.00 e. The Morgan fingerprint density at radius 3 is 1.86 bits per heavy atom. The minimum atomic E-state index is -2.88. The van der Waals surface area contributed by atoms with E-state index in [1.807, 2.05) is 0 Å². The number of nitrogens with two attached hydrogens (primary N) is 1. The van der Waals surface area contributed by atoms with Gasteiger partial charge >= 0.3 is 29.6 Å². The van der Waals surface area contributed by atoms with E-state index in [1.54, 1.807) is 0 Å². The molecule has 0 heterocycles. The molecule has 40 valence electrons. The van der Waals surface area contributed by atoms with Gasteiger partial charge in [0.1, 0.15) is 0 Å². The summed E-state index contributed by atoms with van der Waals surface area (Å²) in [4.78, 5) is 0. The van der Waals surface area contributed by atoms with Crippen molar-refractivity contribution in [3.05, 3.63) is 0 Å². The molecule has 0 unspecified atom stereocenters. The Morgan fingerprint density at radius 1 is 1.71 bits per heavy atom. The predicted molar refractivity (Wildman–Crippen MR) is 25.0 cm³/mol. The summed E-state index contributed by atoms with van der Waals surface area (Å²) in [5, 5.41) is 0. The molecule has 0 spiro atoms. The third-order valence-corrected chi connectivity index (χ3v) is 0.908. The molecule has 2 N–H and O–H groups in total. The first-order valence-corrected chi connectivity index (χ1v) is 3.50. The van der Waals surface area contributed by atoms with Crippen LogP contribution in [0.5, 0.6) is 0 Å². The fraction of sp³-hybridized carbons (Fsp3) is 1.00. The van der Waals surface area contributed by atoms with E-state index in [1.165, 1.54) is 0 Å². The SMILES string of the molecule is CS(=O)(=O)CN.[H-].[Na+]. The van der Waals surface area contributed by atoms with E-state index in [9.17, 15) is 8.42 Å². The average molecular weight is 133 g/mol. The molecule has 0 aliphatic heterocycles. The van der Waals surface area contributed by atoms with Crippen molar-refractivity contribution in [1.29, 1.82) is 0 Å². The molecule has 0 bridgehead atoms. The Bertz CT molecular complexity index is 122. The number of hydrogen-bond donors (Lipinski definition) is 1. The van der Waals surface area contributed by atoms with Gasteiger partial charge in [-0.1, -0.05) is 0 Å². The summed E-state index contributed by atoms with van der Waals surface area (Å²) in [6.45, 7) is 0. The van der Waals surface area contributed by atoms with Gasteiger partial charge in [-0.3, -0.25) is 0 Å². The van der Waals surface area contributed by atoms with Crippen molar-refractivity contribution in [2.24, 2.45) is 5.73 Å². The van der Waals surface area contributed by atoms with E-state index in [0.717, 1.165) is 6.26 Å². The quantitative estimate of drug-likeness (QED) is 0.371. The van der Waals surface area contributed by atoms with Gasteiger partial charge in [-0.25, -0.2) is 8.42 Å². The standard InChI is InChI=1S/C2H7NO2S.Na.H/c1-6(4,5)2-3;;/h2-3H2,1H3;;/q;+1;-1. The van der Waals surface area contributed by atoms with Crippen LogP contribution in [0.2, 0.25) is 0 Å². The zero-order valence-corrected chi connectivity index (χ0v) is 7.33. The second-order valence-corrected chi connectivity index (χ2v) is 3.28. The summed E-state index contributed by atoms with van der Waals surface area (Å²) >= 11 is 0. The molecule has 0 saturated carbocycles. The van der Waals surface area contributed by atoms with E-state index in [2.05, 4.69) is 0 Å². The third-order valence-electron chi connectivity index (χ3n) is 0.303. The van der Waals surface area contributed by atoms with Crippen LogP contribution in [-0.4, -0.2) is 20.6 Å². The van der Waals surface area contributed by atoms with Crippen LogP contribution >= 0.6 is 0 Å². The Balaban J connectivity index is -0.000000125. The van der Waals surface area contributed by atoms with Crippen molar-refractivity contribution in [3.63, 3.8) is 0 Å². The van der Waals surface area contributed by atoms with E-state index < -0.39 is 9.84 Å². The van der Waals surface area contributed by atoms with Crippen LogP contribution < -0.4 is 35.3 Å². The molecule has 0 rings (SSSR count). The summed E-state index contributed by atoms with van der Waals surface area (Å²) in [5.74, 6) is -0.257. The first-order chi connectivity index (χ1) is 2.56. The molecule has 0 saturated heterocycles. The summed E-state index contributed by atoms with van der Waals surface area (Å²) in [7, 11) is -2.88. The Morgan fingerprint density at radius 2 is 1.86 bits per heavy atom. The molecule has 3 nitrogen and oxygen atoms in total. The topological polar surface area (TPSA) is 60.2 Å². The molecule has 0 aromatic rings. The van der Waals surface area contributed by atoms with Gasteiger partial charge in [0.15, 0.2) is 9.84 Å². The molecule has 0 radical (unpaired) electrons. The second kappa shape index (κ2) is 3.86. The van der Waals surface area contributed by atoms with Crippen LogP contribution in [0.4, 0.5) is 0 Å². The minimum absolute atomic E-state index is 0. The first kappa shape index (κ1) is 10.8. The molecule has 0 amide bonds. The molecule has 0 aliphatic rings. The molecule has 0 aromatic carbocycles. The first-order valence-electron chi connectivity index (χ1n) is 1.44. The summed E-state index contributed by atoms with van der Waals surface area (Å²) in [6, 6.07) is 0. The van der Waals surface area contributed by atoms with Crippen LogP contribution in [-0.2, 0) is 9.84 Å². The molecular weight excluding hydrogens is 125 g/mol. The molecule has 0 atom stereocenters. The van der Waals surface area contributed by atoms with Crippen LogP contribution in [0, 0.1) is 0 Å². The van der Waals surface area contributed by atoms with E-state index in [4.69, 9.17) is 5.73 Å². The molecule has 5 heteroatoms. The van der Waals surface area contributed by atoms with Crippen molar-refractivity contribution < 1.29 is 39.4 Å². The zero-order valence-electron chi connectivity index (χ0n) is 5.51. The molecular formula is C2H8NNaO2S.